The Morgan fingerprint density at radius 1 is 0.634 bits per heavy atom. The molecule has 0 amide bonds. The van der Waals surface area contributed by atoms with Gasteiger partial charge < -0.3 is 14.0 Å². The zero-order chi connectivity index (χ0) is 26.7. The average molecular weight is 707 g/mol. The summed E-state index contributed by atoms with van der Waals surface area (Å²) in [4.78, 5) is 13.7. The normalized spacial score (nSPS) is 10.7. The molecule has 8 rings (SSSR count). The van der Waals surface area contributed by atoms with Gasteiger partial charge in [0.1, 0.15) is 5.58 Å². The molecule has 199 valence electrons. The van der Waals surface area contributed by atoms with E-state index in [-0.39, 0.29) is 20.1 Å². The van der Waals surface area contributed by atoms with Crippen LogP contribution >= 0.6 is 0 Å². The molecular formula is C35H22IrN4O-2. The molecule has 4 aromatic heterocycles. The van der Waals surface area contributed by atoms with Crippen molar-refractivity contribution in [1.82, 2.24) is 19.5 Å². The van der Waals surface area contributed by atoms with Crippen LogP contribution < -0.4 is 0 Å². The van der Waals surface area contributed by atoms with Crippen molar-refractivity contribution in [2.24, 2.45) is 0 Å². The Balaban J connectivity index is 0.000000196. The van der Waals surface area contributed by atoms with Gasteiger partial charge in [0.2, 0.25) is 0 Å². The summed E-state index contributed by atoms with van der Waals surface area (Å²) in [5.74, 6) is 0.768. The minimum atomic E-state index is 0. The molecule has 0 fully saturated rings. The number of fused-ring (bicyclic) bond motifs is 4. The van der Waals surface area contributed by atoms with Crippen molar-refractivity contribution in [3.63, 3.8) is 0 Å². The maximum absolute atomic E-state index is 6.22. The molecule has 4 heterocycles. The molecule has 0 aliphatic carbocycles. The molecule has 0 spiro atoms. The number of nitrogens with zero attached hydrogens (tertiary/aromatic N) is 4. The molecule has 0 saturated heterocycles. The molecule has 0 aliphatic rings. The molecule has 0 atom stereocenters. The minimum absolute atomic E-state index is 0. The van der Waals surface area contributed by atoms with Gasteiger partial charge >= 0.3 is 0 Å². The Morgan fingerprint density at radius 3 is 2.27 bits per heavy atom. The van der Waals surface area contributed by atoms with Gasteiger partial charge in [-0.15, -0.1) is 54.1 Å². The Labute approximate surface area is 250 Å². The monoisotopic (exact) mass is 707 g/mol. The van der Waals surface area contributed by atoms with E-state index in [4.69, 9.17) is 9.40 Å². The second kappa shape index (κ2) is 11.7. The van der Waals surface area contributed by atoms with Crippen LogP contribution in [-0.4, -0.2) is 19.5 Å². The Bertz CT molecular complexity index is 2020. The number of benzene rings is 4. The average Bonchev–Trinajstić information content (AvgIpc) is 3.62. The number of pyridine rings is 2. The first-order valence-corrected chi connectivity index (χ1v) is 13.0. The van der Waals surface area contributed by atoms with Crippen LogP contribution in [-0.2, 0) is 20.1 Å². The van der Waals surface area contributed by atoms with E-state index in [0.717, 1.165) is 61.4 Å². The Hall–Kier alpha value is -4.90. The predicted octanol–water partition coefficient (Wildman–Crippen LogP) is 8.33. The largest absolute Gasteiger partial charge is 0.501 e. The SMILES string of the molecule is [Ir].[c-]1ccc2c(oc3ccccc32)c1-c1nc2cccnc2n1-c1ccccc1.[c-]1ccccc1-c1ccccn1. The molecule has 8 aromatic rings. The van der Waals surface area contributed by atoms with E-state index in [0.29, 0.717) is 0 Å². The van der Waals surface area contributed by atoms with Gasteiger partial charge in [0.05, 0.1) is 16.9 Å². The van der Waals surface area contributed by atoms with Crippen molar-refractivity contribution < 1.29 is 24.5 Å². The van der Waals surface area contributed by atoms with Gasteiger partial charge in [-0.25, -0.2) is 4.98 Å². The van der Waals surface area contributed by atoms with Crippen molar-refractivity contribution in [1.29, 1.82) is 0 Å². The summed E-state index contributed by atoms with van der Waals surface area (Å²) in [6, 6.07) is 46.2. The van der Waals surface area contributed by atoms with Crippen LogP contribution in [0.15, 0.2) is 138 Å². The van der Waals surface area contributed by atoms with E-state index in [9.17, 15) is 0 Å². The van der Waals surface area contributed by atoms with Crippen LogP contribution in [0.3, 0.4) is 0 Å². The van der Waals surface area contributed by atoms with Crippen molar-refractivity contribution >= 4 is 33.1 Å². The number of para-hydroxylation sites is 2. The number of furan rings is 1. The first kappa shape index (κ1) is 26.3. The summed E-state index contributed by atoms with van der Waals surface area (Å²) in [6.45, 7) is 0. The van der Waals surface area contributed by atoms with E-state index in [1.165, 1.54) is 0 Å². The maximum Gasteiger partial charge on any atom is 0.155 e. The topological polar surface area (TPSA) is 56.7 Å². The molecule has 4 aromatic carbocycles. The van der Waals surface area contributed by atoms with Crippen LogP contribution in [0.4, 0.5) is 0 Å². The number of rotatable bonds is 3. The van der Waals surface area contributed by atoms with Gasteiger partial charge in [0.25, 0.3) is 0 Å². The fourth-order valence-electron chi connectivity index (χ4n) is 4.83. The minimum Gasteiger partial charge on any atom is -0.501 e. The van der Waals surface area contributed by atoms with Crippen LogP contribution in [0, 0.1) is 12.1 Å². The molecule has 41 heavy (non-hydrogen) atoms. The van der Waals surface area contributed by atoms with Crippen LogP contribution in [0.25, 0.3) is 61.4 Å². The second-order valence-electron chi connectivity index (χ2n) is 9.14. The summed E-state index contributed by atoms with van der Waals surface area (Å²) in [5.41, 5.74) is 7.13. The number of imidazole rings is 1. The summed E-state index contributed by atoms with van der Waals surface area (Å²) in [6.07, 6.45) is 3.58. The van der Waals surface area contributed by atoms with Gasteiger partial charge in [-0.05, 0) is 42.1 Å². The predicted molar refractivity (Wildman–Crippen MR) is 159 cm³/mol. The third-order valence-corrected chi connectivity index (χ3v) is 6.64. The van der Waals surface area contributed by atoms with Crippen molar-refractivity contribution in [3.8, 4) is 28.3 Å². The van der Waals surface area contributed by atoms with Gasteiger partial charge in [0, 0.05) is 43.6 Å². The quantitative estimate of drug-likeness (QED) is 0.174. The van der Waals surface area contributed by atoms with Gasteiger partial charge in [-0.1, -0.05) is 59.5 Å². The summed E-state index contributed by atoms with van der Waals surface area (Å²) in [7, 11) is 0. The van der Waals surface area contributed by atoms with E-state index < -0.39 is 0 Å². The van der Waals surface area contributed by atoms with Gasteiger partial charge in [-0.2, -0.15) is 0 Å². The van der Waals surface area contributed by atoms with Gasteiger partial charge in [0.15, 0.2) is 5.65 Å². The molecule has 0 saturated carbocycles. The van der Waals surface area contributed by atoms with E-state index in [2.05, 4.69) is 44.9 Å². The summed E-state index contributed by atoms with van der Waals surface area (Å²) in [5, 5.41) is 2.15. The maximum atomic E-state index is 6.22. The number of hydrogen-bond acceptors (Lipinski definition) is 4. The van der Waals surface area contributed by atoms with Crippen LogP contribution in [0.1, 0.15) is 0 Å². The molecule has 6 heteroatoms. The zero-order valence-corrected chi connectivity index (χ0v) is 24.1. The molecule has 0 N–H and O–H groups in total. The van der Waals surface area contributed by atoms with Crippen molar-refractivity contribution in [3.05, 3.63) is 146 Å². The zero-order valence-electron chi connectivity index (χ0n) is 21.7. The Kier molecular flexibility index (Phi) is 7.50. The van der Waals surface area contributed by atoms with Gasteiger partial charge in [-0.3, -0.25) is 4.98 Å². The second-order valence-corrected chi connectivity index (χ2v) is 9.14. The third kappa shape index (κ3) is 5.07. The molecule has 1 radical (unpaired) electrons. The van der Waals surface area contributed by atoms with E-state index in [1.807, 2.05) is 103 Å². The summed E-state index contributed by atoms with van der Waals surface area (Å²) >= 11 is 0. The molecule has 0 aliphatic heterocycles. The first-order valence-electron chi connectivity index (χ1n) is 13.0. The van der Waals surface area contributed by atoms with Crippen molar-refractivity contribution in [2.45, 2.75) is 0 Å². The standard InChI is InChI=1S/C24H14N3O.C11H8N.Ir/c1-2-8-16(9-3-1)27-23(26-20-13-7-15-25-24(20)27)19-12-6-11-18-17-10-4-5-14-21(17)28-22(18)19;1-2-6-10(7-3-1)11-8-4-5-9-12-11;/h1-11,13-15H;1-6,8-9H;/q2*-1;. The van der Waals surface area contributed by atoms with Crippen LogP contribution in [0.5, 0.6) is 0 Å². The van der Waals surface area contributed by atoms with Crippen LogP contribution in [0.2, 0.25) is 0 Å². The Morgan fingerprint density at radius 2 is 1.44 bits per heavy atom. The molecule has 0 unspecified atom stereocenters. The number of hydrogen-bond donors (Lipinski definition) is 0. The molecule has 5 nitrogen and oxygen atoms in total. The summed E-state index contributed by atoms with van der Waals surface area (Å²) < 4.78 is 8.28. The smallest absolute Gasteiger partial charge is 0.155 e. The molecule has 0 bridgehead atoms. The fourth-order valence-corrected chi connectivity index (χ4v) is 4.83. The third-order valence-electron chi connectivity index (χ3n) is 6.64. The number of aromatic nitrogens is 4. The first-order chi connectivity index (χ1) is 19.9. The molecular weight excluding hydrogens is 685 g/mol. The van der Waals surface area contributed by atoms with E-state index in [1.54, 1.807) is 12.4 Å². The van der Waals surface area contributed by atoms with E-state index >= 15 is 0 Å². The van der Waals surface area contributed by atoms with Crippen molar-refractivity contribution in [2.75, 3.05) is 0 Å². The fraction of sp³-hybridized carbons (Fsp3) is 0.